The highest BCUT2D eigenvalue weighted by Crippen LogP contribution is 2.30. The van der Waals surface area contributed by atoms with Gasteiger partial charge in [-0.2, -0.15) is 18.2 Å². The fourth-order valence-corrected chi connectivity index (χ4v) is 2.45. The van der Waals surface area contributed by atoms with Crippen molar-refractivity contribution >= 4 is 17.8 Å². The second kappa shape index (κ2) is 5.90. The van der Waals surface area contributed by atoms with Crippen molar-refractivity contribution in [3.05, 3.63) is 59.5 Å². The molecule has 1 atom stereocenters. The summed E-state index contributed by atoms with van der Waals surface area (Å²) >= 11 is 0. The van der Waals surface area contributed by atoms with Crippen molar-refractivity contribution in [1.82, 2.24) is 15.8 Å². The molecule has 1 aliphatic rings. The Morgan fingerprint density at radius 3 is 2.38 bits per heavy atom. The van der Waals surface area contributed by atoms with Gasteiger partial charge in [-0.15, -0.1) is 0 Å². The monoisotopic (exact) mass is 367 g/mol. The van der Waals surface area contributed by atoms with Crippen LogP contribution in [0.3, 0.4) is 0 Å². The Bertz CT molecular complexity index is 862. The zero-order chi connectivity index (χ0) is 19.1. The number of alkyl halides is 3. The number of halogens is 3. The van der Waals surface area contributed by atoms with Gasteiger partial charge in [0.2, 0.25) is 0 Å². The van der Waals surface area contributed by atoms with E-state index in [4.69, 9.17) is 4.42 Å². The number of nitrogens with one attached hydrogen (secondary N) is 2. The molecule has 0 spiro atoms. The standard InChI is InChI=1S/C16H12F3N3O4/c1-15(11-3-2-8-26-11)13(24)22(14(25)20-15)21-12(23)9-4-6-10(7-5-9)16(17,18)19/h2-8H,1H3,(H,20,25)(H,21,23). The fourth-order valence-electron chi connectivity index (χ4n) is 2.45. The van der Waals surface area contributed by atoms with Gasteiger partial charge in [0.15, 0.2) is 5.54 Å². The van der Waals surface area contributed by atoms with Gasteiger partial charge < -0.3 is 9.73 Å². The van der Waals surface area contributed by atoms with E-state index in [-0.39, 0.29) is 11.3 Å². The van der Waals surface area contributed by atoms with Gasteiger partial charge in [0, 0.05) is 5.56 Å². The molecule has 2 N–H and O–H groups in total. The maximum absolute atomic E-state index is 12.6. The Labute approximate surface area is 144 Å². The average molecular weight is 367 g/mol. The molecule has 136 valence electrons. The number of urea groups is 1. The molecule has 2 aromatic rings. The van der Waals surface area contributed by atoms with Crippen LogP contribution in [-0.4, -0.2) is 22.9 Å². The predicted octanol–water partition coefficient (Wildman–Crippen LogP) is 2.41. The van der Waals surface area contributed by atoms with Crippen molar-refractivity contribution in [3.8, 4) is 0 Å². The molecule has 0 radical (unpaired) electrons. The average Bonchev–Trinajstić information content (AvgIpc) is 3.19. The lowest BCUT2D eigenvalue weighted by atomic mass is 10.00. The van der Waals surface area contributed by atoms with Gasteiger partial charge in [0.25, 0.3) is 11.8 Å². The summed E-state index contributed by atoms with van der Waals surface area (Å²) in [6.07, 6.45) is -3.21. The van der Waals surface area contributed by atoms with Crippen molar-refractivity contribution in [2.75, 3.05) is 0 Å². The van der Waals surface area contributed by atoms with Crippen molar-refractivity contribution < 1.29 is 32.0 Å². The Kier molecular flexibility index (Phi) is 3.98. The van der Waals surface area contributed by atoms with Crippen LogP contribution in [0.15, 0.2) is 47.1 Å². The SMILES string of the molecule is CC1(c2ccco2)NC(=O)N(NC(=O)c2ccc(C(F)(F)F)cc2)C1=O. The molecule has 1 fully saturated rings. The molecule has 1 saturated heterocycles. The number of furan rings is 1. The van der Waals surface area contributed by atoms with Crippen LogP contribution in [0.2, 0.25) is 0 Å². The van der Waals surface area contributed by atoms with Crippen LogP contribution >= 0.6 is 0 Å². The number of hydrogen-bond donors (Lipinski definition) is 2. The highest BCUT2D eigenvalue weighted by molar-refractivity contribution is 6.09. The van der Waals surface area contributed by atoms with E-state index in [0.29, 0.717) is 5.01 Å². The van der Waals surface area contributed by atoms with Crippen molar-refractivity contribution in [2.24, 2.45) is 0 Å². The Morgan fingerprint density at radius 1 is 1.19 bits per heavy atom. The highest BCUT2D eigenvalue weighted by atomic mass is 19.4. The first-order valence-electron chi connectivity index (χ1n) is 7.32. The summed E-state index contributed by atoms with van der Waals surface area (Å²) in [7, 11) is 0. The summed E-state index contributed by atoms with van der Waals surface area (Å²) in [5.41, 5.74) is -0.496. The lowest BCUT2D eigenvalue weighted by Gasteiger charge is -2.19. The Balaban J connectivity index is 1.77. The third-order valence-corrected chi connectivity index (χ3v) is 3.89. The number of carbonyl (C=O) groups excluding carboxylic acids is 3. The number of imide groups is 1. The quantitative estimate of drug-likeness (QED) is 0.815. The first-order valence-corrected chi connectivity index (χ1v) is 7.32. The van der Waals surface area contributed by atoms with E-state index < -0.39 is 35.1 Å². The van der Waals surface area contributed by atoms with E-state index in [9.17, 15) is 27.6 Å². The van der Waals surface area contributed by atoms with Crippen LogP contribution in [0.4, 0.5) is 18.0 Å². The lowest BCUT2D eigenvalue weighted by Crippen LogP contribution is -2.47. The molecule has 1 aromatic heterocycles. The van der Waals surface area contributed by atoms with E-state index in [1.165, 1.54) is 25.3 Å². The van der Waals surface area contributed by atoms with Gasteiger partial charge in [0.05, 0.1) is 11.8 Å². The molecule has 0 saturated carbocycles. The molecule has 2 heterocycles. The summed E-state index contributed by atoms with van der Waals surface area (Å²) in [5, 5.41) is 2.86. The minimum absolute atomic E-state index is 0.148. The van der Waals surface area contributed by atoms with Crippen LogP contribution in [0.25, 0.3) is 0 Å². The van der Waals surface area contributed by atoms with Crippen molar-refractivity contribution in [3.63, 3.8) is 0 Å². The summed E-state index contributed by atoms with van der Waals surface area (Å²) in [4.78, 5) is 36.7. The number of amides is 4. The number of nitrogens with zero attached hydrogens (tertiary/aromatic N) is 1. The maximum Gasteiger partial charge on any atom is 0.416 e. The minimum Gasteiger partial charge on any atom is -0.466 e. The zero-order valence-electron chi connectivity index (χ0n) is 13.3. The first kappa shape index (κ1) is 17.5. The predicted molar refractivity (Wildman–Crippen MR) is 80.3 cm³/mol. The third-order valence-electron chi connectivity index (χ3n) is 3.89. The molecular weight excluding hydrogens is 355 g/mol. The molecule has 0 aliphatic carbocycles. The molecule has 7 nitrogen and oxygen atoms in total. The van der Waals surface area contributed by atoms with E-state index in [1.807, 2.05) is 0 Å². The highest BCUT2D eigenvalue weighted by Gasteiger charge is 2.52. The lowest BCUT2D eigenvalue weighted by molar-refractivity contribution is -0.137. The van der Waals surface area contributed by atoms with Crippen LogP contribution in [0.5, 0.6) is 0 Å². The smallest absolute Gasteiger partial charge is 0.416 e. The first-order chi connectivity index (χ1) is 12.1. The van der Waals surface area contributed by atoms with Crippen molar-refractivity contribution in [1.29, 1.82) is 0 Å². The number of benzene rings is 1. The van der Waals surface area contributed by atoms with Gasteiger partial charge in [-0.1, -0.05) is 0 Å². The van der Waals surface area contributed by atoms with E-state index >= 15 is 0 Å². The van der Waals surface area contributed by atoms with Gasteiger partial charge in [-0.3, -0.25) is 15.0 Å². The summed E-state index contributed by atoms with van der Waals surface area (Å²) < 4.78 is 42.8. The van der Waals surface area contributed by atoms with Crippen molar-refractivity contribution in [2.45, 2.75) is 18.6 Å². The Hall–Kier alpha value is -3.30. The molecule has 10 heteroatoms. The molecule has 1 unspecified atom stereocenters. The molecule has 3 rings (SSSR count). The van der Waals surface area contributed by atoms with Crippen LogP contribution in [0.1, 0.15) is 28.6 Å². The summed E-state index contributed by atoms with van der Waals surface area (Å²) in [6.45, 7) is 1.40. The number of hydrogen-bond acceptors (Lipinski definition) is 4. The van der Waals surface area contributed by atoms with E-state index in [2.05, 4.69) is 10.7 Å². The summed E-state index contributed by atoms with van der Waals surface area (Å²) in [5.74, 6) is -1.54. The van der Waals surface area contributed by atoms with Crippen LogP contribution < -0.4 is 10.7 Å². The van der Waals surface area contributed by atoms with E-state index in [1.54, 1.807) is 0 Å². The molecule has 1 aromatic carbocycles. The largest absolute Gasteiger partial charge is 0.466 e. The molecule has 4 amide bonds. The van der Waals surface area contributed by atoms with Crippen LogP contribution in [-0.2, 0) is 16.5 Å². The zero-order valence-corrected chi connectivity index (χ0v) is 13.3. The van der Waals surface area contributed by atoms with Gasteiger partial charge in [-0.25, -0.2) is 4.79 Å². The number of hydrazine groups is 1. The molecule has 1 aliphatic heterocycles. The normalized spacial score (nSPS) is 20.2. The van der Waals surface area contributed by atoms with Gasteiger partial charge in [-0.05, 0) is 43.3 Å². The third kappa shape index (κ3) is 2.89. The van der Waals surface area contributed by atoms with Crippen LogP contribution in [0, 0.1) is 0 Å². The molecule has 0 bridgehead atoms. The second-order valence-electron chi connectivity index (χ2n) is 5.69. The maximum atomic E-state index is 12.6. The minimum atomic E-state index is -4.54. The Morgan fingerprint density at radius 2 is 1.85 bits per heavy atom. The molecular formula is C16H12F3N3O4. The summed E-state index contributed by atoms with van der Waals surface area (Å²) in [6, 6.07) is 5.48. The van der Waals surface area contributed by atoms with Gasteiger partial charge in [0.1, 0.15) is 5.76 Å². The van der Waals surface area contributed by atoms with Gasteiger partial charge >= 0.3 is 12.2 Å². The number of carbonyl (C=O) groups is 3. The number of rotatable bonds is 3. The topological polar surface area (TPSA) is 91.7 Å². The molecule has 26 heavy (non-hydrogen) atoms. The fraction of sp³-hybridized carbons (Fsp3) is 0.188. The van der Waals surface area contributed by atoms with E-state index in [0.717, 1.165) is 24.3 Å². The second-order valence-corrected chi connectivity index (χ2v) is 5.69.